The lowest BCUT2D eigenvalue weighted by atomic mass is 10.1. The Hall–Kier alpha value is -3.02. The summed E-state index contributed by atoms with van der Waals surface area (Å²) in [5, 5.41) is 2.70. The zero-order valence-corrected chi connectivity index (χ0v) is 14.3. The lowest BCUT2D eigenvalue weighted by Gasteiger charge is -2.14. The van der Waals surface area contributed by atoms with E-state index in [4.69, 9.17) is 14.2 Å². The number of carbonyl (C=O) groups excluding carboxylic acids is 2. The molecule has 2 aromatic carbocycles. The lowest BCUT2D eigenvalue weighted by Crippen LogP contribution is -2.30. The molecular formula is C19H19NO5. The molecule has 0 saturated heterocycles. The van der Waals surface area contributed by atoms with Gasteiger partial charge in [-0.3, -0.25) is 4.79 Å². The first-order valence-corrected chi connectivity index (χ1v) is 7.92. The number of carbonyl (C=O) groups is 2. The van der Waals surface area contributed by atoms with Crippen molar-refractivity contribution in [3.8, 4) is 11.5 Å². The SMILES string of the molecule is Cc1cc(C)cc(C(=O)OC(C)C(=O)Nc2ccc3c(c2)OCO3)c1. The molecule has 25 heavy (non-hydrogen) atoms. The van der Waals surface area contributed by atoms with Gasteiger partial charge in [0.2, 0.25) is 6.79 Å². The van der Waals surface area contributed by atoms with Crippen LogP contribution < -0.4 is 14.8 Å². The Labute approximate surface area is 145 Å². The minimum absolute atomic E-state index is 0.163. The summed E-state index contributed by atoms with van der Waals surface area (Å²) < 4.78 is 15.8. The molecule has 130 valence electrons. The molecule has 0 spiro atoms. The van der Waals surface area contributed by atoms with Crippen LogP contribution in [0, 0.1) is 13.8 Å². The summed E-state index contributed by atoms with van der Waals surface area (Å²) in [6.45, 7) is 5.50. The maximum absolute atomic E-state index is 12.3. The summed E-state index contributed by atoms with van der Waals surface area (Å²) in [7, 11) is 0. The highest BCUT2D eigenvalue weighted by Crippen LogP contribution is 2.34. The number of esters is 1. The molecule has 0 fully saturated rings. The van der Waals surface area contributed by atoms with Crippen molar-refractivity contribution in [2.24, 2.45) is 0 Å². The predicted molar refractivity (Wildman–Crippen MR) is 92.0 cm³/mol. The Balaban J connectivity index is 1.63. The zero-order valence-electron chi connectivity index (χ0n) is 14.3. The average molecular weight is 341 g/mol. The van der Waals surface area contributed by atoms with Gasteiger partial charge in [-0.1, -0.05) is 17.2 Å². The molecule has 0 saturated carbocycles. The minimum atomic E-state index is -0.932. The second-order valence-corrected chi connectivity index (χ2v) is 5.98. The van der Waals surface area contributed by atoms with Crippen LogP contribution in [0.3, 0.4) is 0 Å². The van der Waals surface area contributed by atoms with Crippen LogP contribution in [0.4, 0.5) is 5.69 Å². The summed E-state index contributed by atoms with van der Waals surface area (Å²) in [4.78, 5) is 24.5. The molecule has 1 atom stereocenters. The number of ether oxygens (including phenoxy) is 3. The van der Waals surface area contributed by atoms with Gasteiger partial charge in [0, 0.05) is 11.8 Å². The monoisotopic (exact) mass is 341 g/mol. The number of hydrogen-bond donors (Lipinski definition) is 1. The van der Waals surface area contributed by atoms with Crippen LogP contribution in [0.15, 0.2) is 36.4 Å². The lowest BCUT2D eigenvalue weighted by molar-refractivity contribution is -0.123. The Kier molecular flexibility index (Phi) is 4.61. The van der Waals surface area contributed by atoms with E-state index in [2.05, 4.69) is 5.32 Å². The molecule has 1 heterocycles. The molecular weight excluding hydrogens is 322 g/mol. The van der Waals surface area contributed by atoms with Crippen LogP contribution >= 0.6 is 0 Å². The van der Waals surface area contributed by atoms with Crippen LogP contribution in [0.2, 0.25) is 0 Å². The highest BCUT2D eigenvalue weighted by Gasteiger charge is 2.20. The molecule has 6 heteroatoms. The Bertz CT molecular complexity index is 810. The van der Waals surface area contributed by atoms with Crippen LogP contribution in [0.5, 0.6) is 11.5 Å². The number of benzene rings is 2. The van der Waals surface area contributed by atoms with Gasteiger partial charge in [0.15, 0.2) is 17.6 Å². The second-order valence-electron chi connectivity index (χ2n) is 5.98. The van der Waals surface area contributed by atoms with Gasteiger partial charge in [0.05, 0.1) is 5.56 Å². The van der Waals surface area contributed by atoms with E-state index >= 15 is 0 Å². The van der Waals surface area contributed by atoms with Gasteiger partial charge in [-0.15, -0.1) is 0 Å². The third kappa shape index (κ3) is 3.91. The van der Waals surface area contributed by atoms with Gasteiger partial charge in [-0.05, 0) is 45.0 Å². The molecule has 6 nitrogen and oxygen atoms in total. The molecule has 0 bridgehead atoms. The number of fused-ring (bicyclic) bond motifs is 1. The van der Waals surface area contributed by atoms with Crippen molar-refractivity contribution < 1.29 is 23.8 Å². The molecule has 2 aromatic rings. The predicted octanol–water partition coefficient (Wildman–Crippen LogP) is 3.22. The molecule has 0 aliphatic carbocycles. The minimum Gasteiger partial charge on any atom is -0.454 e. The third-order valence-corrected chi connectivity index (χ3v) is 3.75. The van der Waals surface area contributed by atoms with Crippen molar-refractivity contribution in [3.05, 3.63) is 53.1 Å². The Morgan fingerprint density at radius 3 is 2.44 bits per heavy atom. The molecule has 0 radical (unpaired) electrons. The first-order valence-electron chi connectivity index (χ1n) is 7.92. The van der Waals surface area contributed by atoms with E-state index in [9.17, 15) is 9.59 Å². The van der Waals surface area contributed by atoms with Gasteiger partial charge in [-0.2, -0.15) is 0 Å². The van der Waals surface area contributed by atoms with Crippen LogP contribution in [-0.2, 0) is 9.53 Å². The number of nitrogens with one attached hydrogen (secondary N) is 1. The number of anilines is 1. The smallest absolute Gasteiger partial charge is 0.338 e. The van der Waals surface area contributed by atoms with E-state index in [1.54, 1.807) is 30.3 Å². The highest BCUT2D eigenvalue weighted by atomic mass is 16.7. The molecule has 1 aliphatic heterocycles. The Morgan fingerprint density at radius 1 is 1.04 bits per heavy atom. The summed E-state index contributed by atoms with van der Waals surface area (Å²) in [6.07, 6.45) is -0.932. The van der Waals surface area contributed by atoms with E-state index in [1.807, 2.05) is 19.9 Å². The molecule has 1 N–H and O–H groups in total. The maximum atomic E-state index is 12.3. The van der Waals surface area contributed by atoms with Gasteiger partial charge in [0.1, 0.15) is 0 Å². The summed E-state index contributed by atoms with van der Waals surface area (Å²) in [5.41, 5.74) is 2.90. The summed E-state index contributed by atoms with van der Waals surface area (Å²) in [6, 6.07) is 10.5. The van der Waals surface area contributed by atoms with E-state index in [-0.39, 0.29) is 6.79 Å². The largest absolute Gasteiger partial charge is 0.454 e. The summed E-state index contributed by atoms with van der Waals surface area (Å²) in [5.74, 6) is 0.252. The van der Waals surface area contributed by atoms with Crippen molar-refractivity contribution in [2.75, 3.05) is 12.1 Å². The van der Waals surface area contributed by atoms with Gasteiger partial charge >= 0.3 is 5.97 Å². The fourth-order valence-electron chi connectivity index (χ4n) is 2.59. The molecule has 1 unspecified atom stereocenters. The van der Waals surface area contributed by atoms with Crippen molar-refractivity contribution in [1.29, 1.82) is 0 Å². The highest BCUT2D eigenvalue weighted by molar-refractivity contribution is 5.97. The maximum Gasteiger partial charge on any atom is 0.338 e. The standard InChI is InChI=1S/C19H19NO5/c1-11-6-12(2)8-14(7-11)19(22)25-13(3)18(21)20-15-4-5-16-17(9-15)24-10-23-16/h4-9,13H,10H2,1-3H3,(H,20,21). The van der Waals surface area contributed by atoms with Crippen LogP contribution in [0.1, 0.15) is 28.4 Å². The third-order valence-electron chi connectivity index (χ3n) is 3.75. The summed E-state index contributed by atoms with van der Waals surface area (Å²) >= 11 is 0. The first-order chi connectivity index (χ1) is 11.9. The molecule has 0 aromatic heterocycles. The second kappa shape index (κ2) is 6.84. The van der Waals surface area contributed by atoms with Gasteiger partial charge in [-0.25, -0.2) is 4.79 Å². The van der Waals surface area contributed by atoms with Crippen LogP contribution in [-0.4, -0.2) is 24.8 Å². The molecule has 1 amide bonds. The molecule has 1 aliphatic rings. The average Bonchev–Trinajstić information content (AvgIpc) is 3.01. The van der Waals surface area contributed by atoms with E-state index < -0.39 is 18.0 Å². The van der Waals surface area contributed by atoms with E-state index in [0.717, 1.165) is 11.1 Å². The quantitative estimate of drug-likeness (QED) is 0.865. The Morgan fingerprint density at radius 2 is 1.72 bits per heavy atom. The number of hydrogen-bond acceptors (Lipinski definition) is 5. The molecule has 3 rings (SSSR count). The van der Waals surface area contributed by atoms with E-state index in [0.29, 0.717) is 22.7 Å². The number of amides is 1. The topological polar surface area (TPSA) is 73.9 Å². The van der Waals surface area contributed by atoms with Crippen molar-refractivity contribution in [1.82, 2.24) is 0 Å². The van der Waals surface area contributed by atoms with Crippen molar-refractivity contribution >= 4 is 17.6 Å². The fraction of sp³-hybridized carbons (Fsp3) is 0.263. The van der Waals surface area contributed by atoms with Gasteiger partial charge in [0.25, 0.3) is 5.91 Å². The van der Waals surface area contributed by atoms with E-state index in [1.165, 1.54) is 6.92 Å². The fourth-order valence-corrected chi connectivity index (χ4v) is 2.59. The van der Waals surface area contributed by atoms with Crippen LogP contribution in [0.25, 0.3) is 0 Å². The number of aryl methyl sites for hydroxylation is 2. The van der Waals surface area contributed by atoms with Crippen molar-refractivity contribution in [3.63, 3.8) is 0 Å². The number of rotatable bonds is 4. The van der Waals surface area contributed by atoms with Crippen molar-refractivity contribution in [2.45, 2.75) is 26.9 Å². The normalized spacial score (nSPS) is 13.2. The van der Waals surface area contributed by atoms with Gasteiger partial charge < -0.3 is 19.5 Å². The zero-order chi connectivity index (χ0) is 18.0. The first kappa shape index (κ1) is 16.8.